The molecule has 0 saturated heterocycles. The number of aromatic nitrogens is 6. The van der Waals surface area contributed by atoms with E-state index in [1.807, 2.05) is 30.3 Å². The van der Waals surface area contributed by atoms with Gasteiger partial charge in [0.1, 0.15) is 11.5 Å². The first kappa shape index (κ1) is 17.9. The number of nitrogens with zero attached hydrogens (tertiary/aromatic N) is 6. The number of hydrogen-bond acceptors (Lipinski definition) is 6. The van der Waals surface area contributed by atoms with Gasteiger partial charge in [0.2, 0.25) is 0 Å². The van der Waals surface area contributed by atoms with E-state index in [0.29, 0.717) is 28.1 Å². The highest BCUT2D eigenvalue weighted by Crippen LogP contribution is 2.27. The maximum Gasteiger partial charge on any atom is 0.311 e. The highest BCUT2D eigenvalue weighted by molar-refractivity contribution is 5.85. The van der Waals surface area contributed by atoms with Crippen molar-refractivity contribution in [1.29, 1.82) is 0 Å². The lowest BCUT2D eigenvalue weighted by Crippen LogP contribution is -2.06. The largest absolute Gasteiger partial charge is 0.469 e. The monoisotopic (exact) mass is 402 g/mol. The standard InChI is InChI=1S/C21H15FN6O2/c1-30-18(29)11-17-19-21(27(26-17)15-5-3-2-4-6-15)28-20(25-24-19)16(12-23-28)13-7-9-14(22)10-8-13/h2-10,12H,11H2,1H3. The van der Waals surface area contributed by atoms with Gasteiger partial charge in [-0.2, -0.15) is 14.7 Å². The Balaban J connectivity index is 1.78. The summed E-state index contributed by atoms with van der Waals surface area (Å²) in [4.78, 5) is 11.9. The topological polar surface area (TPSA) is 87.2 Å². The van der Waals surface area contributed by atoms with Crippen LogP contribution in [0.25, 0.3) is 33.6 Å². The van der Waals surface area contributed by atoms with E-state index in [2.05, 4.69) is 20.4 Å². The second-order valence-electron chi connectivity index (χ2n) is 6.62. The van der Waals surface area contributed by atoms with E-state index >= 15 is 0 Å². The van der Waals surface area contributed by atoms with Crippen molar-refractivity contribution in [3.63, 3.8) is 0 Å². The second-order valence-corrected chi connectivity index (χ2v) is 6.62. The van der Waals surface area contributed by atoms with Crippen LogP contribution in [0.4, 0.5) is 4.39 Å². The van der Waals surface area contributed by atoms with Crippen molar-refractivity contribution in [2.24, 2.45) is 0 Å². The minimum absolute atomic E-state index is 0.0426. The Morgan fingerprint density at radius 1 is 1.07 bits per heavy atom. The smallest absolute Gasteiger partial charge is 0.311 e. The molecule has 2 aromatic carbocycles. The van der Waals surface area contributed by atoms with E-state index in [0.717, 1.165) is 11.3 Å². The summed E-state index contributed by atoms with van der Waals surface area (Å²) >= 11 is 0. The molecule has 30 heavy (non-hydrogen) atoms. The van der Waals surface area contributed by atoms with Crippen LogP contribution in [0, 0.1) is 5.82 Å². The van der Waals surface area contributed by atoms with Crippen LogP contribution in [0.1, 0.15) is 5.69 Å². The van der Waals surface area contributed by atoms with Crippen molar-refractivity contribution in [2.75, 3.05) is 7.11 Å². The number of esters is 1. The molecule has 3 heterocycles. The summed E-state index contributed by atoms with van der Waals surface area (Å²) in [7, 11) is 1.32. The Morgan fingerprint density at radius 3 is 2.57 bits per heavy atom. The summed E-state index contributed by atoms with van der Waals surface area (Å²) in [5.41, 5.74) is 4.21. The Labute approximate surface area is 169 Å². The number of hydrogen-bond donors (Lipinski definition) is 0. The van der Waals surface area contributed by atoms with E-state index in [1.165, 1.54) is 19.2 Å². The molecule has 0 radical (unpaired) electrons. The number of carbonyl (C=O) groups is 1. The first-order valence-corrected chi connectivity index (χ1v) is 9.16. The lowest BCUT2D eigenvalue weighted by Gasteiger charge is -2.04. The first-order valence-electron chi connectivity index (χ1n) is 9.16. The van der Waals surface area contributed by atoms with E-state index < -0.39 is 5.97 Å². The quantitative estimate of drug-likeness (QED) is 0.430. The molecule has 0 aliphatic carbocycles. The summed E-state index contributed by atoms with van der Waals surface area (Å²) in [5.74, 6) is -0.748. The maximum atomic E-state index is 13.3. The van der Waals surface area contributed by atoms with Crippen molar-refractivity contribution in [2.45, 2.75) is 6.42 Å². The van der Waals surface area contributed by atoms with E-state index in [4.69, 9.17) is 4.74 Å². The number of ether oxygens (including phenoxy) is 1. The van der Waals surface area contributed by atoms with Crippen molar-refractivity contribution < 1.29 is 13.9 Å². The SMILES string of the molecule is COC(=O)Cc1nn(-c2ccccc2)c2c1nnc1c(-c3ccc(F)cc3)cnn12. The molecule has 8 nitrogen and oxygen atoms in total. The molecule has 5 aromatic rings. The van der Waals surface area contributed by atoms with Crippen molar-refractivity contribution in [3.8, 4) is 16.8 Å². The van der Waals surface area contributed by atoms with Gasteiger partial charge in [-0.15, -0.1) is 10.2 Å². The molecule has 3 aromatic heterocycles. The zero-order chi connectivity index (χ0) is 20.7. The van der Waals surface area contributed by atoms with Crippen molar-refractivity contribution >= 4 is 22.8 Å². The fourth-order valence-corrected chi connectivity index (χ4v) is 3.34. The summed E-state index contributed by atoms with van der Waals surface area (Å²) < 4.78 is 21.4. The Bertz CT molecular complexity index is 1380. The lowest BCUT2D eigenvalue weighted by molar-refractivity contribution is -0.139. The van der Waals surface area contributed by atoms with Crippen molar-refractivity contribution in [3.05, 3.63) is 72.3 Å². The Hall–Kier alpha value is -4.14. The van der Waals surface area contributed by atoms with Crippen LogP contribution in [0.5, 0.6) is 0 Å². The summed E-state index contributed by atoms with van der Waals surface area (Å²) in [6.07, 6.45) is 1.61. The molecule has 0 saturated carbocycles. The molecule has 0 N–H and O–H groups in total. The lowest BCUT2D eigenvalue weighted by atomic mass is 10.1. The second kappa shape index (κ2) is 7.03. The van der Waals surface area contributed by atoms with Gasteiger partial charge in [-0.25, -0.2) is 9.07 Å². The molecule has 0 bridgehead atoms. The molecular formula is C21H15FN6O2. The Kier molecular flexibility index (Phi) is 4.20. The third-order valence-corrected chi connectivity index (χ3v) is 4.79. The van der Waals surface area contributed by atoms with Crippen LogP contribution < -0.4 is 0 Å². The molecule has 0 aliphatic heterocycles. The molecule has 5 rings (SSSR count). The molecule has 0 aliphatic rings. The van der Waals surface area contributed by atoms with Crippen LogP contribution in [0.2, 0.25) is 0 Å². The maximum absolute atomic E-state index is 13.3. The highest BCUT2D eigenvalue weighted by atomic mass is 19.1. The fraction of sp³-hybridized carbons (Fsp3) is 0.0952. The zero-order valence-corrected chi connectivity index (χ0v) is 15.9. The minimum atomic E-state index is -0.427. The van der Waals surface area contributed by atoms with E-state index in [1.54, 1.807) is 27.5 Å². The van der Waals surface area contributed by atoms with Gasteiger partial charge in [0.15, 0.2) is 16.8 Å². The summed E-state index contributed by atoms with van der Waals surface area (Å²) in [6, 6.07) is 15.6. The molecule has 9 heteroatoms. The first-order chi connectivity index (χ1) is 14.7. The number of fused-ring (bicyclic) bond motifs is 3. The molecule has 0 unspecified atom stereocenters. The number of carbonyl (C=O) groups excluding carboxylic acids is 1. The molecule has 0 spiro atoms. The average Bonchev–Trinajstić information content (AvgIpc) is 3.36. The van der Waals surface area contributed by atoms with Crippen LogP contribution in [-0.4, -0.2) is 42.7 Å². The van der Waals surface area contributed by atoms with Crippen LogP contribution in [0.15, 0.2) is 60.8 Å². The minimum Gasteiger partial charge on any atom is -0.469 e. The van der Waals surface area contributed by atoms with Crippen LogP contribution >= 0.6 is 0 Å². The normalized spacial score (nSPS) is 11.3. The Morgan fingerprint density at radius 2 is 1.83 bits per heavy atom. The number of para-hydroxylation sites is 1. The molecule has 0 atom stereocenters. The number of benzene rings is 2. The van der Waals surface area contributed by atoms with Crippen molar-refractivity contribution in [1.82, 2.24) is 29.6 Å². The number of rotatable bonds is 4. The van der Waals surface area contributed by atoms with Gasteiger partial charge >= 0.3 is 5.97 Å². The zero-order valence-electron chi connectivity index (χ0n) is 15.9. The number of halogens is 1. The van der Waals surface area contributed by atoms with E-state index in [-0.39, 0.29) is 12.2 Å². The van der Waals surface area contributed by atoms with E-state index in [9.17, 15) is 9.18 Å². The summed E-state index contributed by atoms with van der Waals surface area (Å²) in [5, 5.41) is 17.7. The van der Waals surface area contributed by atoms with Gasteiger partial charge in [-0.05, 0) is 29.8 Å². The van der Waals surface area contributed by atoms with Gasteiger partial charge in [0.25, 0.3) is 0 Å². The third-order valence-electron chi connectivity index (χ3n) is 4.79. The van der Waals surface area contributed by atoms with Crippen LogP contribution in [-0.2, 0) is 16.0 Å². The molecule has 0 amide bonds. The third kappa shape index (κ3) is 2.87. The summed E-state index contributed by atoms with van der Waals surface area (Å²) in [6.45, 7) is 0. The predicted molar refractivity (Wildman–Crippen MR) is 107 cm³/mol. The number of methoxy groups -OCH3 is 1. The van der Waals surface area contributed by atoms with Gasteiger partial charge in [-0.3, -0.25) is 4.79 Å². The van der Waals surface area contributed by atoms with Gasteiger partial charge in [0.05, 0.1) is 25.4 Å². The fourth-order valence-electron chi connectivity index (χ4n) is 3.34. The highest BCUT2D eigenvalue weighted by Gasteiger charge is 2.22. The predicted octanol–water partition coefficient (Wildman–Crippen LogP) is 2.98. The average molecular weight is 402 g/mol. The van der Waals surface area contributed by atoms with Gasteiger partial charge < -0.3 is 4.74 Å². The van der Waals surface area contributed by atoms with Gasteiger partial charge in [-0.1, -0.05) is 30.3 Å². The molecule has 148 valence electrons. The van der Waals surface area contributed by atoms with Gasteiger partial charge in [0, 0.05) is 5.56 Å². The van der Waals surface area contributed by atoms with Crippen LogP contribution in [0.3, 0.4) is 0 Å². The molecular weight excluding hydrogens is 387 g/mol. The molecule has 0 fully saturated rings.